The summed E-state index contributed by atoms with van der Waals surface area (Å²) in [5.41, 5.74) is 5.19. The van der Waals surface area contributed by atoms with Gasteiger partial charge in [0, 0.05) is 5.56 Å². The number of ether oxygens (including phenoxy) is 3. The van der Waals surface area contributed by atoms with Crippen molar-refractivity contribution >= 4 is 11.6 Å². The van der Waals surface area contributed by atoms with E-state index < -0.39 is 5.79 Å². The van der Waals surface area contributed by atoms with Crippen LogP contribution in [0.15, 0.2) is 36.4 Å². The van der Waals surface area contributed by atoms with Crippen LogP contribution in [0.5, 0.6) is 5.75 Å². The lowest BCUT2D eigenvalue weighted by molar-refractivity contribution is -0.180. The highest BCUT2D eigenvalue weighted by molar-refractivity contribution is 6.07. The normalized spacial score (nSPS) is 17.8. The van der Waals surface area contributed by atoms with Crippen molar-refractivity contribution in [1.29, 1.82) is 0 Å². The van der Waals surface area contributed by atoms with Crippen molar-refractivity contribution in [2.24, 2.45) is 0 Å². The highest BCUT2D eigenvalue weighted by Crippen LogP contribution is 2.47. The first-order valence-electron chi connectivity index (χ1n) is 10.2. The van der Waals surface area contributed by atoms with Gasteiger partial charge in [-0.1, -0.05) is 44.5 Å². The van der Waals surface area contributed by atoms with Crippen molar-refractivity contribution in [3.8, 4) is 5.75 Å². The Hall–Kier alpha value is -2.37. The van der Waals surface area contributed by atoms with Crippen LogP contribution in [-0.4, -0.2) is 32.3 Å². The van der Waals surface area contributed by atoms with Crippen LogP contribution < -0.4 is 9.64 Å². The first kappa shape index (κ1) is 19.9. The van der Waals surface area contributed by atoms with Crippen molar-refractivity contribution in [1.82, 2.24) is 0 Å². The molecule has 0 aromatic heterocycles. The summed E-state index contributed by atoms with van der Waals surface area (Å²) in [6, 6.07) is 12.2. The van der Waals surface area contributed by atoms with Gasteiger partial charge < -0.3 is 19.1 Å². The van der Waals surface area contributed by atoms with Crippen LogP contribution in [0.1, 0.15) is 43.0 Å². The molecule has 1 fully saturated rings. The standard InChI is InChI=1S/C24H29NO4/c1-16-14-17(2)21-20(15-16)24(28-12-13-29-24)22(26)25(21)10-11-27-19-8-6-18(7-9-19)23(3,4)5/h6-9,14-15H,10-13H2,1-5H3. The zero-order valence-corrected chi connectivity index (χ0v) is 17.9. The van der Waals surface area contributed by atoms with E-state index in [1.165, 1.54) is 5.56 Å². The van der Waals surface area contributed by atoms with E-state index in [9.17, 15) is 4.79 Å². The van der Waals surface area contributed by atoms with Crippen molar-refractivity contribution in [3.05, 3.63) is 58.7 Å². The monoisotopic (exact) mass is 395 g/mol. The van der Waals surface area contributed by atoms with E-state index in [1.54, 1.807) is 4.90 Å². The van der Waals surface area contributed by atoms with E-state index in [1.807, 2.05) is 32.0 Å². The summed E-state index contributed by atoms with van der Waals surface area (Å²) >= 11 is 0. The minimum atomic E-state index is -1.29. The van der Waals surface area contributed by atoms with Crippen molar-refractivity contribution < 1.29 is 19.0 Å². The van der Waals surface area contributed by atoms with Gasteiger partial charge in [0.2, 0.25) is 0 Å². The summed E-state index contributed by atoms with van der Waals surface area (Å²) < 4.78 is 17.6. The number of hydrogen-bond donors (Lipinski definition) is 0. The lowest BCUT2D eigenvalue weighted by atomic mass is 9.87. The van der Waals surface area contributed by atoms with Crippen LogP contribution in [0.4, 0.5) is 5.69 Å². The molecule has 154 valence electrons. The summed E-state index contributed by atoms with van der Waals surface area (Å²) in [5, 5.41) is 0. The first-order valence-corrected chi connectivity index (χ1v) is 10.2. The van der Waals surface area contributed by atoms with E-state index in [0.717, 1.165) is 28.1 Å². The number of hydrogen-bond acceptors (Lipinski definition) is 4. The van der Waals surface area contributed by atoms with Gasteiger partial charge in [-0.25, -0.2) is 0 Å². The zero-order valence-electron chi connectivity index (χ0n) is 17.9. The molecule has 0 atom stereocenters. The van der Waals surface area contributed by atoms with E-state index in [2.05, 4.69) is 39.0 Å². The Balaban J connectivity index is 1.52. The second-order valence-corrected chi connectivity index (χ2v) is 8.87. The predicted octanol–water partition coefficient (Wildman–Crippen LogP) is 4.23. The molecule has 2 heterocycles. The Bertz CT molecular complexity index is 921. The predicted molar refractivity (Wildman–Crippen MR) is 112 cm³/mol. The van der Waals surface area contributed by atoms with Gasteiger partial charge in [-0.2, -0.15) is 0 Å². The van der Waals surface area contributed by atoms with E-state index in [-0.39, 0.29) is 11.3 Å². The summed E-state index contributed by atoms with van der Waals surface area (Å²) in [4.78, 5) is 15.0. The van der Waals surface area contributed by atoms with Crippen LogP contribution >= 0.6 is 0 Å². The van der Waals surface area contributed by atoms with Gasteiger partial charge in [-0.05, 0) is 48.6 Å². The minimum absolute atomic E-state index is 0.107. The summed E-state index contributed by atoms with van der Waals surface area (Å²) in [6.45, 7) is 12.3. The molecular weight excluding hydrogens is 366 g/mol. The second-order valence-electron chi connectivity index (χ2n) is 8.87. The topological polar surface area (TPSA) is 48.0 Å². The van der Waals surface area contributed by atoms with Crippen LogP contribution in [0.3, 0.4) is 0 Å². The molecule has 0 N–H and O–H groups in total. The molecule has 5 heteroatoms. The Morgan fingerprint density at radius 2 is 1.72 bits per heavy atom. The van der Waals surface area contributed by atoms with Gasteiger partial charge in [0.05, 0.1) is 25.4 Å². The molecule has 2 aromatic carbocycles. The Morgan fingerprint density at radius 1 is 1.07 bits per heavy atom. The fourth-order valence-electron chi connectivity index (χ4n) is 4.17. The Morgan fingerprint density at radius 3 is 2.34 bits per heavy atom. The lowest BCUT2D eigenvalue weighted by Crippen LogP contribution is -2.42. The number of aryl methyl sites for hydroxylation is 2. The number of anilines is 1. The molecule has 2 aromatic rings. The van der Waals surface area contributed by atoms with E-state index in [4.69, 9.17) is 14.2 Å². The average molecular weight is 395 g/mol. The third-order valence-corrected chi connectivity index (χ3v) is 5.59. The van der Waals surface area contributed by atoms with E-state index in [0.29, 0.717) is 26.4 Å². The highest BCUT2D eigenvalue weighted by Gasteiger charge is 2.56. The van der Waals surface area contributed by atoms with Gasteiger partial charge in [-0.15, -0.1) is 0 Å². The molecule has 0 aliphatic carbocycles. The maximum Gasteiger partial charge on any atom is 0.292 e. The molecule has 0 saturated carbocycles. The maximum atomic E-state index is 13.3. The first-order chi connectivity index (χ1) is 13.7. The summed E-state index contributed by atoms with van der Waals surface area (Å²) in [7, 11) is 0. The zero-order chi connectivity index (χ0) is 20.8. The van der Waals surface area contributed by atoms with E-state index >= 15 is 0 Å². The number of rotatable bonds is 4. The number of nitrogens with zero attached hydrogens (tertiary/aromatic N) is 1. The second kappa shape index (κ2) is 7.15. The molecule has 1 spiro atoms. The minimum Gasteiger partial charge on any atom is -0.492 e. The molecule has 0 unspecified atom stereocenters. The Kier molecular flexibility index (Phi) is 4.91. The fourth-order valence-corrected chi connectivity index (χ4v) is 4.17. The van der Waals surface area contributed by atoms with Gasteiger partial charge in [0.25, 0.3) is 11.7 Å². The lowest BCUT2D eigenvalue weighted by Gasteiger charge is -2.22. The molecule has 1 amide bonds. The number of fused-ring (bicyclic) bond motifs is 2. The van der Waals surface area contributed by atoms with Crippen LogP contribution in [0.25, 0.3) is 0 Å². The molecule has 0 radical (unpaired) electrons. The molecule has 5 nitrogen and oxygen atoms in total. The highest BCUT2D eigenvalue weighted by atomic mass is 16.7. The molecule has 2 aliphatic rings. The molecule has 1 saturated heterocycles. The number of carbonyl (C=O) groups excluding carboxylic acids is 1. The van der Waals surface area contributed by atoms with Crippen LogP contribution in [-0.2, 0) is 25.5 Å². The third-order valence-electron chi connectivity index (χ3n) is 5.59. The van der Waals surface area contributed by atoms with Crippen molar-refractivity contribution in [3.63, 3.8) is 0 Å². The fraction of sp³-hybridized carbons (Fsp3) is 0.458. The number of amides is 1. The number of carbonyl (C=O) groups is 1. The summed E-state index contributed by atoms with van der Waals surface area (Å²) in [5.74, 6) is -0.653. The Labute approximate surface area is 172 Å². The smallest absolute Gasteiger partial charge is 0.292 e. The molecule has 0 bridgehead atoms. The quantitative estimate of drug-likeness (QED) is 0.777. The van der Waals surface area contributed by atoms with Crippen LogP contribution in [0.2, 0.25) is 0 Å². The van der Waals surface area contributed by atoms with Gasteiger partial charge in [0.15, 0.2) is 0 Å². The molecule has 2 aliphatic heterocycles. The maximum absolute atomic E-state index is 13.3. The average Bonchev–Trinajstić information content (AvgIpc) is 3.23. The van der Waals surface area contributed by atoms with Crippen molar-refractivity contribution in [2.45, 2.75) is 45.8 Å². The molecule has 4 rings (SSSR count). The van der Waals surface area contributed by atoms with Gasteiger partial charge in [-0.3, -0.25) is 4.79 Å². The van der Waals surface area contributed by atoms with Gasteiger partial charge in [0.1, 0.15) is 12.4 Å². The number of benzene rings is 2. The molecule has 29 heavy (non-hydrogen) atoms. The SMILES string of the molecule is Cc1cc(C)c2c(c1)C1(OCCO1)C(=O)N2CCOc1ccc(C(C)(C)C)cc1. The van der Waals surface area contributed by atoms with Gasteiger partial charge >= 0.3 is 0 Å². The third kappa shape index (κ3) is 3.43. The van der Waals surface area contributed by atoms with Crippen LogP contribution in [0, 0.1) is 13.8 Å². The largest absolute Gasteiger partial charge is 0.492 e. The summed E-state index contributed by atoms with van der Waals surface area (Å²) in [6.07, 6.45) is 0. The van der Waals surface area contributed by atoms with Crippen molar-refractivity contribution in [2.75, 3.05) is 31.3 Å². The molecular formula is C24H29NO4.